The van der Waals surface area contributed by atoms with Crippen LogP contribution in [0.1, 0.15) is 33.1 Å². The number of thiophene rings is 1. The van der Waals surface area contributed by atoms with Crippen LogP contribution in [0.4, 0.5) is 10.7 Å². The van der Waals surface area contributed by atoms with Gasteiger partial charge in [-0.3, -0.25) is 9.59 Å². The van der Waals surface area contributed by atoms with Crippen LogP contribution in [-0.4, -0.2) is 11.8 Å². The van der Waals surface area contributed by atoms with Gasteiger partial charge in [-0.05, 0) is 11.6 Å². The van der Waals surface area contributed by atoms with Gasteiger partial charge in [0.2, 0.25) is 5.91 Å². The molecule has 1 atom stereocenters. The van der Waals surface area contributed by atoms with E-state index in [9.17, 15) is 9.59 Å². The monoisotopic (exact) mass is 321 g/mol. The van der Waals surface area contributed by atoms with Crippen molar-refractivity contribution in [3.05, 3.63) is 45.3 Å². The number of rotatable bonds is 2. The third-order valence-electron chi connectivity index (χ3n) is 3.48. The van der Waals surface area contributed by atoms with Gasteiger partial charge in [0.1, 0.15) is 9.88 Å². The standard InChI is InChI=1S/C14H12ClN3O2S/c15-8-4-2-1-3-6(8)7-5-9(19)18-14-10(7)11(16)12(21-14)13(17)20/h1-4,7H,5,16H2,(H2,17,20)(H,18,19)/t7-/m0/s1. The molecule has 0 aliphatic carbocycles. The van der Waals surface area contributed by atoms with Gasteiger partial charge in [0, 0.05) is 22.9 Å². The fraction of sp³-hybridized carbons (Fsp3) is 0.143. The van der Waals surface area contributed by atoms with E-state index in [-0.39, 0.29) is 23.1 Å². The second-order valence-electron chi connectivity index (χ2n) is 4.78. The van der Waals surface area contributed by atoms with Crippen molar-refractivity contribution in [3.63, 3.8) is 0 Å². The Morgan fingerprint density at radius 1 is 1.38 bits per heavy atom. The van der Waals surface area contributed by atoms with Crippen LogP contribution >= 0.6 is 22.9 Å². The summed E-state index contributed by atoms with van der Waals surface area (Å²) in [6, 6.07) is 7.30. The minimum Gasteiger partial charge on any atom is -0.397 e. The van der Waals surface area contributed by atoms with Crippen LogP contribution in [0.2, 0.25) is 5.02 Å². The van der Waals surface area contributed by atoms with Gasteiger partial charge in [-0.15, -0.1) is 11.3 Å². The maximum atomic E-state index is 11.9. The molecule has 1 aromatic carbocycles. The highest BCUT2D eigenvalue weighted by atomic mass is 35.5. The molecule has 7 heteroatoms. The average Bonchev–Trinajstić information content (AvgIpc) is 2.76. The van der Waals surface area contributed by atoms with E-state index in [4.69, 9.17) is 23.1 Å². The summed E-state index contributed by atoms with van der Waals surface area (Å²) in [6.45, 7) is 0. The van der Waals surface area contributed by atoms with Crippen molar-refractivity contribution in [2.24, 2.45) is 5.73 Å². The number of amides is 2. The number of hydrogen-bond acceptors (Lipinski definition) is 4. The molecule has 0 radical (unpaired) electrons. The summed E-state index contributed by atoms with van der Waals surface area (Å²) in [6.07, 6.45) is 0.232. The number of nitrogen functional groups attached to an aromatic ring is 1. The molecule has 0 saturated carbocycles. The Morgan fingerprint density at radius 2 is 2.10 bits per heavy atom. The summed E-state index contributed by atoms with van der Waals surface area (Å²) in [5.41, 5.74) is 13.3. The van der Waals surface area contributed by atoms with Gasteiger partial charge in [-0.25, -0.2) is 0 Å². The lowest BCUT2D eigenvalue weighted by Gasteiger charge is -2.24. The van der Waals surface area contributed by atoms with E-state index in [1.54, 1.807) is 6.07 Å². The largest absolute Gasteiger partial charge is 0.397 e. The maximum Gasteiger partial charge on any atom is 0.260 e. The number of nitrogens with two attached hydrogens (primary N) is 2. The van der Waals surface area contributed by atoms with E-state index in [1.807, 2.05) is 18.2 Å². The van der Waals surface area contributed by atoms with Crippen LogP contribution in [0.3, 0.4) is 0 Å². The number of nitrogens with one attached hydrogen (secondary N) is 1. The summed E-state index contributed by atoms with van der Waals surface area (Å²) in [4.78, 5) is 23.6. The Morgan fingerprint density at radius 3 is 2.76 bits per heavy atom. The predicted molar refractivity (Wildman–Crippen MR) is 83.8 cm³/mol. The molecule has 0 fully saturated rings. The molecule has 1 aliphatic heterocycles. The first-order valence-corrected chi connectivity index (χ1v) is 7.44. The molecule has 108 valence electrons. The fourth-order valence-electron chi connectivity index (χ4n) is 2.57. The van der Waals surface area contributed by atoms with E-state index in [1.165, 1.54) is 0 Å². The lowest BCUT2D eigenvalue weighted by Crippen LogP contribution is -2.23. The Hall–Kier alpha value is -2.05. The summed E-state index contributed by atoms with van der Waals surface area (Å²) < 4.78 is 0. The van der Waals surface area contributed by atoms with Crippen molar-refractivity contribution < 1.29 is 9.59 Å². The highest BCUT2D eigenvalue weighted by molar-refractivity contribution is 7.19. The van der Waals surface area contributed by atoms with Crippen LogP contribution in [0, 0.1) is 0 Å². The molecular weight excluding hydrogens is 310 g/mol. The van der Waals surface area contributed by atoms with Crippen molar-refractivity contribution in [1.82, 2.24) is 0 Å². The van der Waals surface area contributed by atoms with Crippen LogP contribution in [0.15, 0.2) is 24.3 Å². The van der Waals surface area contributed by atoms with Crippen molar-refractivity contribution in [2.45, 2.75) is 12.3 Å². The Kier molecular flexibility index (Phi) is 3.35. The topological polar surface area (TPSA) is 98.2 Å². The van der Waals surface area contributed by atoms with Crippen molar-refractivity contribution in [3.8, 4) is 0 Å². The molecule has 0 saturated heterocycles. The normalized spacial score (nSPS) is 17.2. The Labute approximate surface area is 129 Å². The summed E-state index contributed by atoms with van der Waals surface area (Å²) >= 11 is 7.34. The van der Waals surface area contributed by atoms with Gasteiger partial charge in [0.15, 0.2) is 0 Å². The van der Waals surface area contributed by atoms with E-state index < -0.39 is 5.91 Å². The third-order valence-corrected chi connectivity index (χ3v) is 4.97. The van der Waals surface area contributed by atoms with Gasteiger partial charge in [0.25, 0.3) is 5.91 Å². The molecule has 0 bridgehead atoms. The third kappa shape index (κ3) is 2.26. The second kappa shape index (κ2) is 5.05. The molecule has 2 heterocycles. The number of fused-ring (bicyclic) bond motifs is 1. The van der Waals surface area contributed by atoms with Crippen LogP contribution in [-0.2, 0) is 4.79 Å². The molecule has 21 heavy (non-hydrogen) atoms. The number of primary amides is 1. The first kappa shape index (κ1) is 13.9. The average molecular weight is 322 g/mol. The summed E-state index contributed by atoms with van der Waals surface area (Å²) in [5, 5.41) is 3.88. The number of halogens is 1. The highest BCUT2D eigenvalue weighted by Gasteiger charge is 2.33. The Bertz CT molecular complexity index is 757. The van der Waals surface area contributed by atoms with E-state index >= 15 is 0 Å². The van der Waals surface area contributed by atoms with E-state index in [2.05, 4.69) is 5.32 Å². The highest BCUT2D eigenvalue weighted by Crippen LogP contribution is 2.48. The molecule has 5 nitrogen and oxygen atoms in total. The fourth-order valence-corrected chi connectivity index (χ4v) is 3.89. The molecule has 0 unspecified atom stereocenters. The summed E-state index contributed by atoms with van der Waals surface area (Å²) in [7, 11) is 0. The zero-order chi connectivity index (χ0) is 15.1. The second-order valence-corrected chi connectivity index (χ2v) is 6.21. The van der Waals surface area contributed by atoms with Gasteiger partial charge in [-0.2, -0.15) is 0 Å². The van der Waals surface area contributed by atoms with Gasteiger partial charge in [0.05, 0.1) is 5.69 Å². The minimum absolute atomic E-state index is 0.135. The van der Waals surface area contributed by atoms with Gasteiger partial charge >= 0.3 is 0 Å². The SMILES string of the molecule is NC(=O)c1sc2c(c1N)[C@H](c1ccccc1Cl)CC(=O)N2. The predicted octanol–water partition coefficient (Wildman–Crippen LogP) is 2.56. The zero-order valence-electron chi connectivity index (χ0n) is 10.9. The minimum atomic E-state index is -0.598. The number of carbonyl (C=O) groups excluding carboxylic acids is 2. The van der Waals surface area contributed by atoms with E-state index in [0.717, 1.165) is 22.5 Å². The Balaban J connectivity index is 2.20. The summed E-state index contributed by atoms with van der Waals surface area (Å²) in [5.74, 6) is -1.00. The molecule has 1 aromatic heterocycles. The zero-order valence-corrected chi connectivity index (χ0v) is 12.4. The number of hydrogen-bond donors (Lipinski definition) is 3. The first-order valence-electron chi connectivity index (χ1n) is 6.25. The molecule has 2 amide bonds. The van der Waals surface area contributed by atoms with Gasteiger partial charge in [-0.1, -0.05) is 29.8 Å². The van der Waals surface area contributed by atoms with E-state index in [0.29, 0.717) is 15.7 Å². The number of benzene rings is 1. The number of anilines is 2. The lowest BCUT2D eigenvalue weighted by molar-refractivity contribution is -0.116. The quantitative estimate of drug-likeness (QED) is 0.792. The van der Waals surface area contributed by atoms with Crippen molar-refractivity contribution in [2.75, 3.05) is 11.1 Å². The molecule has 5 N–H and O–H groups in total. The number of carbonyl (C=O) groups is 2. The molecule has 3 rings (SSSR count). The van der Waals surface area contributed by atoms with Crippen molar-refractivity contribution in [1.29, 1.82) is 0 Å². The molecule has 1 aliphatic rings. The first-order chi connectivity index (χ1) is 9.99. The van der Waals surface area contributed by atoms with Crippen LogP contribution in [0.5, 0.6) is 0 Å². The molecule has 2 aromatic rings. The molecule has 0 spiro atoms. The molecular formula is C14H12ClN3O2S. The lowest BCUT2D eigenvalue weighted by atomic mass is 9.86. The smallest absolute Gasteiger partial charge is 0.260 e. The van der Waals surface area contributed by atoms with Crippen LogP contribution in [0.25, 0.3) is 0 Å². The maximum absolute atomic E-state index is 11.9. The van der Waals surface area contributed by atoms with Gasteiger partial charge < -0.3 is 16.8 Å². The van der Waals surface area contributed by atoms with Crippen LogP contribution < -0.4 is 16.8 Å². The van der Waals surface area contributed by atoms with Crippen molar-refractivity contribution >= 4 is 45.4 Å².